The summed E-state index contributed by atoms with van der Waals surface area (Å²) in [6.07, 6.45) is 0. The summed E-state index contributed by atoms with van der Waals surface area (Å²) in [7, 11) is 4.47. The zero-order chi connectivity index (χ0) is 19.1. The molecule has 0 atom stereocenters. The van der Waals surface area contributed by atoms with E-state index < -0.39 is 0 Å². The summed E-state index contributed by atoms with van der Waals surface area (Å²) in [4.78, 5) is 25.7. The minimum atomic E-state index is -0.334. The number of carbonyl (C=O) groups is 2. The van der Waals surface area contributed by atoms with Gasteiger partial charge in [-0.1, -0.05) is 29.5 Å². The second-order valence-corrected chi connectivity index (χ2v) is 5.79. The summed E-state index contributed by atoms with van der Waals surface area (Å²) in [6.45, 7) is 0. The highest BCUT2D eigenvalue weighted by Crippen LogP contribution is 2.40. The molecule has 1 aromatic heterocycles. The maximum Gasteiger partial charge on any atom is 0.216 e. The van der Waals surface area contributed by atoms with Gasteiger partial charge >= 0.3 is 0 Å². The highest BCUT2D eigenvalue weighted by molar-refractivity contribution is 6.27. The summed E-state index contributed by atoms with van der Waals surface area (Å²) in [5.74, 6) is 0.542. The molecule has 27 heavy (non-hydrogen) atoms. The number of nitrogens with zero attached hydrogens (tertiary/aromatic N) is 3. The molecule has 0 saturated heterocycles. The standard InChI is InChI=1S/C19H15N3O5/c1-25-13-8-10(9-14(26-2)19(13)27-3)22-16-15(20-21-22)17(23)11-6-4-5-7-12(11)18(16)24/h4-9H,1-3H3. The van der Waals surface area contributed by atoms with Crippen molar-refractivity contribution < 1.29 is 23.8 Å². The highest BCUT2D eigenvalue weighted by Gasteiger charge is 2.35. The molecule has 8 nitrogen and oxygen atoms in total. The third kappa shape index (κ3) is 2.37. The summed E-state index contributed by atoms with van der Waals surface area (Å²) < 4.78 is 17.3. The maximum absolute atomic E-state index is 13.0. The lowest BCUT2D eigenvalue weighted by atomic mass is 9.90. The van der Waals surface area contributed by atoms with Crippen LogP contribution in [0.3, 0.4) is 0 Å². The van der Waals surface area contributed by atoms with E-state index in [0.29, 0.717) is 34.1 Å². The van der Waals surface area contributed by atoms with Gasteiger partial charge in [-0.05, 0) is 0 Å². The Kier molecular flexibility index (Phi) is 3.88. The van der Waals surface area contributed by atoms with Gasteiger partial charge in [-0.15, -0.1) is 5.10 Å². The van der Waals surface area contributed by atoms with Crippen LogP contribution >= 0.6 is 0 Å². The molecule has 3 aromatic rings. The van der Waals surface area contributed by atoms with Gasteiger partial charge in [-0.2, -0.15) is 0 Å². The Bertz CT molecular complexity index is 1060. The van der Waals surface area contributed by atoms with E-state index in [1.54, 1.807) is 36.4 Å². The summed E-state index contributed by atoms with van der Waals surface area (Å²) in [5.41, 5.74) is 1.23. The molecule has 1 aliphatic rings. The van der Waals surface area contributed by atoms with E-state index in [2.05, 4.69) is 10.3 Å². The van der Waals surface area contributed by atoms with E-state index in [4.69, 9.17) is 14.2 Å². The number of ketones is 2. The van der Waals surface area contributed by atoms with E-state index in [1.807, 2.05) is 0 Å². The molecule has 0 amide bonds. The van der Waals surface area contributed by atoms with E-state index in [1.165, 1.54) is 26.0 Å². The average Bonchev–Trinajstić information content (AvgIpc) is 3.16. The molecular formula is C19H15N3O5. The molecule has 1 aliphatic carbocycles. The first-order valence-corrected chi connectivity index (χ1v) is 8.05. The van der Waals surface area contributed by atoms with Crippen LogP contribution in [0.1, 0.15) is 32.1 Å². The Morgan fingerprint density at radius 3 is 2.00 bits per heavy atom. The van der Waals surface area contributed by atoms with Crippen LogP contribution in [0.15, 0.2) is 36.4 Å². The van der Waals surface area contributed by atoms with Gasteiger partial charge in [-0.25, -0.2) is 4.68 Å². The van der Waals surface area contributed by atoms with Gasteiger partial charge in [0.25, 0.3) is 0 Å². The smallest absolute Gasteiger partial charge is 0.216 e. The van der Waals surface area contributed by atoms with Crippen molar-refractivity contribution in [1.29, 1.82) is 0 Å². The Morgan fingerprint density at radius 1 is 0.852 bits per heavy atom. The van der Waals surface area contributed by atoms with Crippen molar-refractivity contribution in [3.05, 3.63) is 58.9 Å². The van der Waals surface area contributed by atoms with Crippen LogP contribution in [-0.2, 0) is 0 Å². The molecule has 0 fully saturated rings. The van der Waals surface area contributed by atoms with Crippen LogP contribution in [0.4, 0.5) is 0 Å². The zero-order valence-electron chi connectivity index (χ0n) is 14.8. The Morgan fingerprint density at radius 2 is 1.44 bits per heavy atom. The molecule has 8 heteroatoms. The number of carbonyl (C=O) groups excluding carboxylic acids is 2. The van der Waals surface area contributed by atoms with E-state index in [-0.39, 0.29) is 23.0 Å². The summed E-state index contributed by atoms with van der Waals surface area (Å²) in [5, 5.41) is 7.98. The van der Waals surface area contributed by atoms with Gasteiger partial charge in [0.2, 0.25) is 17.3 Å². The van der Waals surface area contributed by atoms with Crippen LogP contribution in [0.5, 0.6) is 17.2 Å². The second kappa shape index (κ2) is 6.24. The molecule has 0 unspecified atom stereocenters. The number of rotatable bonds is 4. The highest BCUT2D eigenvalue weighted by atomic mass is 16.5. The molecule has 0 aliphatic heterocycles. The van der Waals surface area contributed by atoms with Crippen molar-refractivity contribution in [2.75, 3.05) is 21.3 Å². The quantitative estimate of drug-likeness (QED) is 0.546. The van der Waals surface area contributed by atoms with Gasteiger partial charge in [0.05, 0.1) is 27.0 Å². The molecule has 0 saturated carbocycles. The minimum Gasteiger partial charge on any atom is -0.493 e. The topological polar surface area (TPSA) is 92.5 Å². The maximum atomic E-state index is 13.0. The molecular weight excluding hydrogens is 350 g/mol. The summed E-state index contributed by atoms with van der Waals surface area (Å²) in [6, 6.07) is 9.91. The molecule has 1 heterocycles. The number of hydrogen-bond donors (Lipinski definition) is 0. The van der Waals surface area contributed by atoms with Crippen molar-refractivity contribution in [1.82, 2.24) is 15.0 Å². The predicted octanol–water partition coefficient (Wildman–Crippen LogP) is 2.07. The number of benzene rings is 2. The Labute approximate surface area is 154 Å². The fourth-order valence-corrected chi connectivity index (χ4v) is 3.14. The van der Waals surface area contributed by atoms with Crippen LogP contribution in [-0.4, -0.2) is 47.9 Å². The lowest BCUT2D eigenvalue weighted by molar-refractivity contribution is 0.0972. The molecule has 0 N–H and O–H groups in total. The average molecular weight is 365 g/mol. The largest absolute Gasteiger partial charge is 0.493 e. The van der Waals surface area contributed by atoms with Crippen molar-refractivity contribution in [2.24, 2.45) is 0 Å². The normalized spacial score (nSPS) is 12.4. The minimum absolute atomic E-state index is 0.0208. The molecule has 0 radical (unpaired) electrons. The molecule has 4 rings (SSSR count). The first-order valence-electron chi connectivity index (χ1n) is 8.05. The van der Waals surface area contributed by atoms with Crippen LogP contribution in [0, 0.1) is 0 Å². The third-order valence-electron chi connectivity index (χ3n) is 4.41. The van der Waals surface area contributed by atoms with Gasteiger partial charge in [-0.3, -0.25) is 9.59 Å². The first-order chi connectivity index (χ1) is 13.1. The van der Waals surface area contributed by atoms with Gasteiger partial charge < -0.3 is 14.2 Å². The lowest BCUT2D eigenvalue weighted by Crippen LogP contribution is -2.23. The first kappa shape index (κ1) is 16.8. The SMILES string of the molecule is COc1cc(-n2nnc3c2C(=O)c2ccccc2C3=O)cc(OC)c1OC. The number of ether oxygens (including phenoxy) is 3. The van der Waals surface area contributed by atoms with Crippen LogP contribution in [0.2, 0.25) is 0 Å². The Hall–Kier alpha value is -3.68. The Balaban J connectivity index is 1.93. The van der Waals surface area contributed by atoms with Crippen molar-refractivity contribution in [2.45, 2.75) is 0 Å². The predicted molar refractivity (Wildman–Crippen MR) is 94.3 cm³/mol. The van der Waals surface area contributed by atoms with Crippen LogP contribution in [0.25, 0.3) is 5.69 Å². The van der Waals surface area contributed by atoms with Crippen molar-refractivity contribution in [3.63, 3.8) is 0 Å². The van der Waals surface area contributed by atoms with Crippen molar-refractivity contribution in [3.8, 4) is 22.9 Å². The molecule has 2 aromatic carbocycles. The number of hydrogen-bond acceptors (Lipinski definition) is 7. The number of fused-ring (bicyclic) bond motifs is 2. The van der Waals surface area contributed by atoms with Crippen LogP contribution < -0.4 is 14.2 Å². The molecule has 136 valence electrons. The third-order valence-corrected chi connectivity index (χ3v) is 4.41. The van der Waals surface area contributed by atoms with E-state index >= 15 is 0 Å². The van der Waals surface area contributed by atoms with Crippen molar-refractivity contribution >= 4 is 11.6 Å². The summed E-state index contributed by atoms with van der Waals surface area (Å²) >= 11 is 0. The molecule has 0 bridgehead atoms. The fraction of sp³-hybridized carbons (Fsp3) is 0.158. The molecule has 0 spiro atoms. The number of methoxy groups -OCH3 is 3. The number of aromatic nitrogens is 3. The zero-order valence-corrected chi connectivity index (χ0v) is 14.8. The van der Waals surface area contributed by atoms with Gasteiger partial charge in [0, 0.05) is 23.3 Å². The van der Waals surface area contributed by atoms with E-state index in [0.717, 1.165) is 0 Å². The van der Waals surface area contributed by atoms with Gasteiger partial charge in [0.1, 0.15) is 5.69 Å². The lowest BCUT2D eigenvalue weighted by Gasteiger charge is -2.16. The fourth-order valence-electron chi connectivity index (χ4n) is 3.14. The monoisotopic (exact) mass is 365 g/mol. The van der Waals surface area contributed by atoms with E-state index in [9.17, 15) is 9.59 Å². The second-order valence-electron chi connectivity index (χ2n) is 5.79. The van der Waals surface area contributed by atoms with Gasteiger partial charge in [0.15, 0.2) is 17.2 Å².